The van der Waals surface area contributed by atoms with Crippen LogP contribution in [0.2, 0.25) is 0 Å². The topological polar surface area (TPSA) is 136 Å². The largest absolute Gasteiger partial charge is 0.454 e. The molecule has 0 bridgehead atoms. The number of aryl methyl sites for hydroxylation is 1. The van der Waals surface area contributed by atoms with Crippen LogP contribution in [0.15, 0.2) is 34.0 Å². The second-order valence-electron chi connectivity index (χ2n) is 7.17. The first-order valence-corrected chi connectivity index (χ1v) is 10.3. The van der Waals surface area contributed by atoms with Crippen molar-refractivity contribution >= 4 is 28.3 Å². The van der Waals surface area contributed by atoms with Crippen LogP contribution in [-0.2, 0) is 6.54 Å². The molecule has 11 nitrogen and oxygen atoms in total. The molecule has 0 fully saturated rings. The number of anilines is 1. The lowest BCUT2D eigenvalue weighted by Gasteiger charge is -2.08. The van der Waals surface area contributed by atoms with Crippen LogP contribution < -0.4 is 26.0 Å². The summed E-state index contributed by atoms with van der Waals surface area (Å²) in [5.41, 5.74) is -0.596. The smallest absolute Gasteiger partial charge is 0.328 e. The van der Waals surface area contributed by atoms with Crippen molar-refractivity contribution in [3.8, 4) is 11.5 Å². The molecule has 3 aromatic rings. The molecule has 2 amide bonds. The Morgan fingerprint density at radius 3 is 2.75 bits per heavy atom. The van der Waals surface area contributed by atoms with Gasteiger partial charge in [-0.1, -0.05) is 17.4 Å². The molecule has 0 saturated carbocycles. The zero-order chi connectivity index (χ0) is 23.0. The molecule has 166 valence electrons. The molecule has 3 heterocycles. The number of aromatic nitrogens is 3. The van der Waals surface area contributed by atoms with Crippen LogP contribution in [0.25, 0.3) is 0 Å². The molecule has 1 aliphatic heterocycles. The van der Waals surface area contributed by atoms with E-state index >= 15 is 0 Å². The van der Waals surface area contributed by atoms with Crippen LogP contribution in [0.1, 0.15) is 31.3 Å². The summed E-state index contributed by atoms with van der Waals surface area (Å²) < 4.78 is 11.5. The second kappa shape index (κ2) is 8.30. The number of H-pyrrole nitrogens is 1. The van der Waals surface area contributed by atoms with Crippen LogP contribution in [0.3, 0.4) is 0 Å². The summed E-state index contributed by atoms with van der Waals surface area (Å²) in [5.74, 6) is 0.107. The number of nitrogens with zero attached hydrogens (tertiary/aromatic N) is 3. The molecule has 0 radical (unpaired) electrons. The number of aromatic amines is 1. The molecule has 0 aliphatic carbocycles. The predicted octanol–water partition coefficient (Wildman–Crippen LogP) is 1.03. The highest BCUT2D eigenvalue weighted by atomic mass is 32.1. The zero-order valence-corrected chi connectivity index (χ0v) is 18.2. The minimum atomic E-state index is -0.762. The van der Waals surface area contributed by atoms with Gasteiger partial charge in [0.1, 0.15) is 10.4 Å². The Kier molecular flexibility index (Phi) is 5.53. The van der Waals surface area contributed by atoms with Gasteiger partial charge in [0.15, 0.2) is 16.6 Å². The van der Waals surface area contributed by atoms with Crippen molar-refractivity contribution in [1.29, 1.82) is 0 Å². The lowest BCUT2D eigenvalue weighted by atomic mass is 10.2. The molecule has 0 atom stereocenters. The number of thiazole rings is 1. The number of carbonyl (C=O) groups excluding carboxylic acids is 2. The highest BCUT2D eigenvalue weighted by molar-refractivity contribution is 7.17. The molecule has 2 aromatic heterocycles. The van der Waals surface area contributed by atoms with Crippen LogP contribution in [-0.4, -0.2) is 52.1 Å². The lowest BCUT2D eigenvalue weighted by Crippen LogP contribution is -2.39. The Balaban J connectivity index is 1.59. The molecule has 32 heavy (non-hydrogen) atoms. The van der Waals surface area contributed by atoms with Crippen molar-refractivity contribution in [2.45, 2.75) is 13.5 Å². The molecule has 0 unspecified atom stereocenters. The third-order valence-electron chi connectivity index (χ3n) is 4.70. The van der Waals surface area contributed by atoms with Gasteiger partial charge in [-0.15, -0.1) is 0 Å². The maximum Gasteiger partial charge on any atom is 0.328 e. The van der Waals surface area contributed by atoms with Crippen LogP contribution in [0, 0.1) is 6.92 Å². The maximum atomic E-state index is 12.9. The Morgan fingerprint density at radius 2 is 2.00 bits per heavy atom. The summed E-state index contributed by atoms with van der Waals surface area (Å²) in [6.45, 7) is 1.69. The van der Waals surface area contributed by atoms with Gasteiger partial charge in [-0.2, -0.15) is 0 Å². The number of benzene rings is 1. The molecular weight excluding hydrogens is 438 g/mol. The summed E-state index contributed by atoms with van der Waals surface area (Å²) in [4.78, 5) is 58.4. The highest BCUT2D eigenvalue weighted by Crippen LogP contribution is 2.32. The van der Waals surface area contributed by atoms with Crippen molar-refractivity contribution in [3.05, 3.63) is 66.9 Å². The fraction of sp³-hybridized carbons (Fsp3) is 0.250. The first-order valence-electron chi connectivity index (χ1n) is 9.46. The predicted molar refractivity (Wildman–Crippen MR) is 116 cm³/mol. The van der Waals surface area contributed by atoms with E-state index in [0.29, 0.717) is 27.6 Å². The van der Waals surface area contributed by atoms with E-state index in [1.165, 1.54) is 4.90 Å². The number of nitrogens with one attached hydrogen (secondary N) is 2. The summed E-state index contributed by atoms with van der Waals surface area (Å²) >= 11 is 1.01. The quantitative estimate of drug-likeness (QED) is 0.584. The molecule has 1 aromatic carbocycles. The fourth-order valence-electron chi connectivity index (χ4n) is 3.06. The van der Waals surface area contributed by atoms with Crippen molar-refractivity contribution in [2.75, 3.05) is 26.2 Å². The van der Waals surface area contributed by atoms with Gasteiger partial charge in [-0.3, -0.25) is 24.3 Å². The fourth-order valence-corrected chi connectivity index (χ4v) is 4.04. The van der Waals surface area contributed by atoms with E-state index in [0.717, 1.165) is 22.1 Å². The van der Waals surface area contributed by atoms with E-state index in [2.05, 4.69) is 15.3 Å². The molecule has 4 rings (SSSR count). The maximum absolute atomic E-state index is 12.9. The van der Waals surface area contributed by atoms with E-state index < -0.39 is 17.2 Å². The van der Waals surface area contributed by atoms with Gasteiger partial charge in [0.2, 0.25) is 6.79 Å². The summed E-state index contributed by atoms with van der Waals surface area (Å²) in [6, 6.07) is 5.06. The molecule has 0 spiro atoms. The highest BCUT2D eigenvalue weighted by Gasteiger charge is 2.21. The summed E-state index contributed by atoms with van der Waals surface area (Å²) in [6.07, 6.45) is 1.06. The van der Waals surface area contributed by atoms with Gasteiger partial charge >= 0.3 is 5.69 Å². The van der Waals surface area contributed by atoms with E-state index in [4.69, 9.17) is 9.47 Å². The average molecular weight is 457 g/mol. The molecule has 12 heteroatoms. The Morgan fingerprint density at radius 1 is 1.25 bits per heavy atom. The number of ether oxygens (including phenoxy) is 2. The Labute approximate surface area is 185 Å². The lowest BCUT2D eigenvalue weighted by molar-refractivity contribution is 0.0831. The molecular formula is C20H19N5O6S. The Hall–Kier alpha value is -3.93. The van der Waals surface area contributed by atoms with E-state index in [1.54, 1.807) is 39.2 Å². The third-order valence-corrected chi connectivity index (χ3v) is 5.76. The average Bonchev–Trinajstić information content (AvgIpc) is 3.36. The SMILES string of the molecule is Cc1nc(NC(=O)c2c[nH]c(=O)n(Cc3ccc4c(c3)OCO4)c2=O)sc1C(=O)N(C)C. The first-order chi connectivity index (χ1) is 15.2. The van der Waals surface area contributed by atoms with E-state index in [1.807, 2.05) is 0 Å². The van der Waals surface area contributed by atoms with E-state index in [9.17, 15) is 19.2 Å². The molecule has 1 aliphatic rings. The number of hydrogen-bond donors (Lipinski definition) is 2. The van der Waals surface area contributed by atoms with Crippen LogP contribution in [0.4, 0.5) is 5.13 Å². The number of hydrogen-bond acceptors (Lipinski definition) is 8. The van der Waals surface area contributed by atoms with Crippen molar-refractivity contribution in [2.24, 2.45) is 0 Å². The van der Waals surface area contributed by atoms with Gasteiger partial charge < -0.3 is 19.4 Å². The number of rotatable bonds is 5. The van der Waals surface area contributed by atoms with Crippen LogP contribution in [0.5, 0.6) is 11.5 Å². The van der Waals surface area contributed by atoms with Crippen molar-refractivity contribution in [1.82, 2.24) is 19.4 Å². The molecule has 2 N–H and O–H groups in total. The van der Waals surface area contributed by atoms with Gasteiger partial charge in [0.25, 0.3) is 17.4 Å². The summed E-state index contributed by atoms with van der Waals surface area (Å²) in [7, 11) is 3.23. The van der Waals surface area contributed by atoms with E-state index in [-0.39, 0.29) is 29.9 Å². The zero-order valence-electron chi connectivity index (χ0n) is 17.4. The van der Waals surface area contributed by atoms with Crippen molar-refractivity contribution in [3.63, 3.8) is 0 Å². The van der Waals surface area contributed by atoms with Crippen molar-refractivity contribution < 1.29 is 19.1 Å². The monoisotopic (exact) mass is 457 g/mol. The summed E-state index contributed by atoms with van der Waals surface area (Å²) in [5, 5.41) is 2.70. The number of fused-ring (bicyclic) bond motifs is 1. The second-order valence-corrected chi connectivity index (χ2v) is 8.17. The minimum Gasteiger partial charge on any atom is -0.454 e. The van der Waals surface area contributed by atoms with Gasteiger partial charge in [-0.25, -0.2) is 9.78 Å². The minimum absolute atomic E-state index is 0.0657. The van der Waals surface area contributed by atoms with Gasteiger partial charge in [0.05, 0.1) is 12.2 Å². The van der Waals surface area contributed by atoms with Gasteiger partial charge in [-0.05, 0) is 24.6 Å². The van der Waals surface area contributed by atoms with Crippen LogP contribution >= 0.6 is 11.3 Å². The Bertz CT molecular complexity index is 1340. The van der Waals surface area contributed by atoms with Gasteiger partial charge in [0, 0.05) is 20.3 Å². The third kappa shape index (κ3) is 3.99. The normalized spacial score (nSPS) is 12.0. The number of carbonyl (C=O) groups is 2. The standard InChI is InChI=1S/C20H19N5O6S/c1-10-15(18(28)24(2)3)32-19(22-10)23-16(26)12-7-21-20(29)25(17(12)27)8-11-4-5-13-14(6-11)31-9-30-13/h4-7H,8-9H2,1-3H3,(H,21,29)(H,22,23,26). The number of amides is 2. The molecule has 0 saturated heterocycles. The first kappa shape index (κ1) is 21.3.